The number of hydrogen-bond donors (Lipinski definition) is 0. The normalized spacial score (nSPS) is 16.0. The van der Waals surface area contributed by atoms with E-state index in [1.165, 1.54) is 11.1 Å². The molecule has 0 radical (unpaired) electrons. The van der Waals surface area contributed by atoms with Crippen molar-refractivity contribution in [3.63, 3.8) is 0 Å². The van der Waals surface area contributed by atoms with Crippen LogP contribution in [0.25, 0.3) is 10.9 Å². The molecule has 1 aromatic heterocycles. The van der Waals surface area contributed by atoms with Gasteiger partial charge in [0.15, 0.2) is 0 Å². The summed E-state index contributed by atoms with van der Waals surface area (Å²) in [6.07, 6.45) is 0.414. The maximum absolute atomic E-state index is 9.15. The zero-order valence-corrected chi connectivity index (χ0v) is 13.6. The van der Waals surface area contributed by atoms with Crippen molar-refractivity contribution >= 4 is 16.7 Å². The lowest BCUT2D eigenvalue weighted by Gasteiger charge is -2.34. The van der Waals surface area contributed by atoms with Crippen molar-refractivity contribution in [1.82, 2.24) is 9.88 Å². The summed E-state index contributed by atoms with van der Waals surface area (Å²) in [4.78, 5) is 9.62. The minimum Gasteiger partial charge on any atom is -0.354 e. The minimum absolute atomic E-state index is 0.414. The van der Waals surface area contributed by atoms with Crippen molar-refractivity contribution in [2.45, 2.75) is 20.3 Å². The van der Waals surface area contributed by atoms with Crippen molar-refractivity contribution < 1.29 is 0 Å². The summed E-state index contributed by atoms with van der Waals surface area (Å²) in [5, 5.41) is 10.3. The van der Waals surface area contributed by atoms with E-state index >= 15 is 0 Å². The van der Waals surface area contributed by atoms with E-state index in [4.69, 9.17) is 10.2 Å². The van der Waals surface area contributed by atoms with E-state index in [1.54, 1.807) is 0 Å². The van der Waals surface area contributed by atoms with Gasteiger partial charge in [0.2, 0.25) is 0 Å². The Kier molecular flexibility index (Phi) is 4.00. The highest BCUT2D eigenvalue weighted by Gasteiger charge is 2.19. The summed E-state index contributed by atoms with van der Waals surface area (Å²) in [6, 6.07) is 8.67. The second-order valence-electron chi connectivity index (χ2n) is 6.18. The van der Waals surface area contributed by atoms with E-state index in [2.05, 4.69) is 55.0 Å². The van der Waals surface area contributed by atoms with E-state index in [0.717, 1.165) is 48.5 Å². The number of fused-ring (bicyclic) bond motifs is 1. The molecule has 4 nitrogen and oxygen atoms in total. The number of anilines is 1. The highest BCUT2D eigenvalue weighted by molar-refractivity contribution is 5.85. The van der Waals surface area contributed by atoms with Crippen LogP contribution in [0.3, 0.4) is 0 Å². The summed E-state index contributed by atoms with van der Waals surface area (Å²) >= 11 is 0. The molecule has 0 bridgehead atoms. The average Bonchev–Trinajstić information content (AvgIpc) is 2.52. The van der Waals surface area contributed by atoms with E-state index in [0.29, 0.717) is 6.42 Å². The summed E-state index contributed by atoms with van der Waals surface area (Å²) in [5.74, 6) is 0.996. The minimum atomic E-state index is 0.414. The Balaban J connectivity index is 2.11. The van der Waals surface area contributed by atoms with E-state index < -0.39 is 0 Å². The highest BCUT2D eigenvalue weighted by Crippen LogP contribution is 2.28. The molecule has 114 valence electrons. The van der Waals surface area contributed by atoms with Crippen LogP contribution in [0.15, 0.2) is 18.2 Å². The van der Waals surface area contributed by atoms with Gasteiger partial charge in [0.05, 0.1) is 18.0 Å². The van der Waals surface area contributed by atoms with Crippen LogP contribution in [0, 0.1) is 25.2 Å². The number of nitrogens with zero attached hydrogens (tertiary/aromatic N) is 4. The van der Waals surface area contributed by atoms with Gasteiger partial charge in [-0.1, -0.05) is 12.1 Å². The molecule has 0 N–H and O–H groups in total. The van der Waals surface area contributed by atoms with E-state index in [1.807, 2.05) is 0 Å². The Bertz CT molecular complexity index is 737. The van der Waals surface area contributed by atoms with Gasteiger partial charge in [-0.3, -0.25) is 0 Å². The van der Waals surface area contributed by atoms with Crippen LogP contribution in [-0.4, -0.2) is 43.1 Å². The quantitative estimate of drug-likeness (QED) is 0.854. The molecule has 0 atom stereocenters. The van der Waals surface area contributed by atoms with Crippen LogP contribution < -0.4 is 4.90 Å². The Hall–Kier alpha value is -2.12. The summed E-state index contributed by atoms with van der Waals surface area (Å²) in [5.41, 5.74) is 4.60. The fourth-order valence-electron chi connectivity index (χ4n) is 3.02. The van der Waals surface area contributed by atoms with Crippen molar-refractivity contribution in [3.8, 4) is 6.07 Å². The molecule has 1 aromatic carbocycles. The molecule has 1 aliphatic rings. The van der Waals surface area contributed by atoms with E-state index in [9.17, 15) is 0 Å². The van der Waals surface area contributed by atoms with Crippen LogP contribution in [0.5, 0.6) is 0 Å². The van der Waals surface area contributed by atoms with Gasteiger partial charge in [-0.25, -0.2) is 4.98 Å². The molecule has 0 aliphatic carbocycles. The molecule has 0 unspecified atom stereocenters. The van der Waals surface area contributed by atoms with Gasteiger partial charge in [0.1, 0.15) is 5.82 Å². The molecule has 0 spiro atoms. The highest BCUT2D eigenvalue weighted by atomic mass is 15.3. The molecule has 2 aromatic rings. The summed E-state index contributed by atoms with van der Waals surface area (Å²) in [6.45, 7) is 8.27. The molecule has 1 saturated heterocycles. The Labute approximate surface area is 132 Å². The number of aromatic nitrogens is 1. The van der Waals surface area contributed by atoms with Crippen LogP contribution in [0.2, 0.25) is 0 Å². The predicted molar refractivity (Wildman–Crippen MR) is 90.2 cm³/mol. The number of likely N-dealkylation sites (N-methyl/N-ethyl adjacent to an activating group) is 1. The summed E-state index contributed by atoms with van der Waals surface area (Å²) in [7, 11) is 2.15. The standard InChI is InChI=1S/C18H22N4/c1-13-4-5-15-12-16(6-7-19)18(20-17(15)14(13)2)22-10-8-21(3)9-11-22/h4-5,12H,6,8-11H2,1-3H3. The Morgan fingerprint density at radius 3 is 2.59 bits per heavy atom. The van der Waals surface area contributed by atoms with Crippen LogP contribution in [0.4, 0.5) is 5.82 Å². The Morgan fingerprint density at radius 2 is 1.91 bits per heavy atom. The average molecular weight is 294 g/mol. The maximum Gasteiger partial charge on any atom is 0.133 e. The number of hydrogen-bond acceptors (Lipinski definition) is 4. The predicted octanol–water partition coefficient (Wildman–Crippen LogP) is 2.67. The van der Waals surface area contributed by atoms with Gasteiger partial charge < -0.3 is 9.80 Å². The largest absolute Gasteiger partial charge is 0.354 e. The van der Waals surface area contributed by atoms with Gasteiger partial charge >= 0.3 is 0 Å². The first-order valence-corrected chi connectivity index (χ1v) is 7.80. The number of pyridine rings is 1. The van der Waals surface area contributed by atoms with Crippen molar-refractivity contribution in [1.29, 1.82) is 5.26 Å². The zero-order valence-electron chi connectivity index (χ0n) is 13.6. The lowest BCUT2D eigenvalue weighted by Crippen LogP contribution is -2.45. The topological polar surface area (TPSA) is 43.2 Å². The fourth-order valence-corrected chi connectivity index (χ4v) is 3.02. The molecule has 0 amide bonds. The first kappa shape index (κ1) is 14.8. The van der Waals surface area contributed by atoms with Crippen LogP contribution >= 0.6 is 0 Å². The van der Waals surface area contributed by atoms with Gasteiger partial charge in [-0.2, -0.15) is 5.26 Å². The van der Waals surface area contributed by atoms with Gasteiger partial charge in [-0.15, -0.1) is 0 Å². The molecule has 22 heavy (non-hydrogen) atoms. The molecule has 3 rings (SSSR count). The van der Waals surface area contributed by atoms with Crippen LogP contribution in [0.1, 0.15) is 16.7 Å². The zero-order chi connectivity index (χ0) is 15.7. The maximum atomic E-state index is 9.15. The number of nitriles is 1. The van der Waals surface area contributed by atoms with E-state index in [-0.39, 0.29) is 0 Å². The number of aryl methyl sites for hydroxylation is 2. The van der Waals surface area contributed by atoms with Gasteiger partial charge in [0, 0.05) is 37.1 Å². The van der Waals surface area contributed by atoms with Gasteiger partial charge in [0.25, 0.3) is 0 Å². The number of benzene rings is 1. The molecule has 0 saturated carbocycles. The monoisotopic (exact) mass is 294 g/mol. The van der Waals surface area contributed by atoms with Crippen molar-refractivity contribution in [2.24, 2.45) is 0 Å². The smallest absolute Gasteiger partial charge is 0.133 e. The third kappa shape index (κ3) is 2.65. The fraction of sp³-hybridized carbons (Fsp3) is 0.444. The molecule has 1 fully saturated rings. The molecular formula is C18H22N4. The lowest BCUT2D eigenvalue weighted by molar-refractivity contribution is 0.312. The van der Waals surface area contributed by atoms with Gasteiger partial charge in [-0.05, 0) is 38.1 Å². The Morgan fingerprint density at radius 1 is 1.18 bits per heavy atom. The van der Waals surface area contributed by atoms with Crippen molar-refractivity contribution in [3.05, 3.63) is 34.9 Å². The van der Waals surface area contributed by atoms with Crippen LogP contribution in [-0.2, 0) is 6.42 Å². The second kappa shape index (κ2) is 5.94. The number of piperazine rings is 1. The molecule has 1 aliphatic heterocycles. The third-order valence-electron chi connectivity index (χ3n) is 4.64. The SMILES string of the molecule is Cc1ccc2cc(CC#N)c(N3CCN(C)CC3)nc2c1C. The second-order valence-corrected chi connectivity index (χ2v) is 6.18. The first-order valence-electron chi connectivity index (χ1n) is 7.80. The number of rotatable bonds is 2. The lowest BCUT2D eigenvalue weighted by atomic mass is 10.0. The van der Waals surface area contributed by atoms with Crippen molar-refractivity contribution in [2.75, 3.05) is 38.1 Å². The third-order valence-corrected chi connectivity index (χ3v) is 4.64. The molecule has 4 heteroatoms. The summed E-state index contributed by atoms with van der Waals surface area (Å²) < 4.78 is 0. The first-order chi connectivity index (χ1) is 10.6. The molecule has 2 heterocycles. The molecular weight excluding hydrogens is 272 g/mol.